The van der Waals surface area contributed by atoms with E-state index in [0.717, 1.165) is 31.2 Å². The molecule has 1 fully saturated rings. The zero-order valence-corrected chi connectivity index (χ0v) is 11.4. The normalized spacial score (nSPS) is 23.1. The Morgan fingerprint density at radius 1 is 1.37 bits per heavy atom. The van der Waals surface area contributed by atoms with E-state index in [1.165, 1.54) is 6.07 Å². The van der Waals surface area contributed by atoms with Crippen molar-refractivity contribution < 1.29 is 9.90 Å². The molecule has 0 saturated heterocycles. The van der Waals surface area contributed by atoms with Gasteiger partial charge < -0.3 is 16.2 Å². The second kappa shape index (κ2) is 6.06. The summed E-state index contributed by atoms with van der Waals surface area (Å²) in [5.74, 6) is 0.573. The highest BCUT2D eigenvalue weighted by atomic mass is 16.3. The average Bonchev–Trinajstić information content (AvgIpc) is 2.41. The number of phenolic OH excluding ortho intramolecular Hbond substituents is 1. The third kappa shape index (κ3) is 3.70. The van der Waals surface area contributed by atoms with Crippen molar-refractivity contribution in [2.45, 2.75) is 38.6 Å². The van der Waals surface area contributed by atoms with Crippen molar-refractivity contribution in [1.29, 1.82) is 0 Å². The van der Waals surface area contributed by atoms with Gasteiger partial charge in [-0.25, -0.2) is 0 Å². The molecule has 19 heavy (non-hydrogen) atoms. The van der Waals surface area contributed by atoms with Crippen LogP contribution in [0.15, 0.2) is 18.2 Å². The van der Waals surface area contributed by atoms with Crippen LogP contribution in [-0.2, 0) is 0 Å². The minimum atomic E-state index is -0.120. The van der Waals surface area contributed by atoms with Gasteiger partial charge in [-0.3, -0.25) is 4.79 Å². The number of carbonyl (C=O) groups is 1. The molecule has 4 nitrogen and oxygen atoms in total. The topological polar surface area (TPSA) is 75.4 Å². The first-order valence-corrected chi connectivity index (χ1v) is 6.89. The largest absolute Gasteiger partial charge is 0.508 e. The Labute approximate surface area is 114 Å². The first-order valence-electron chi connectivity index (χ1n) is 6.89. The Hall–Kier alpha value is -1.55. The highest BCUT2D eigenvalue weighted by Gasteiger charge is 2.19. The summed E-state index contributed by atoms with van der Waals surface area (Å²) >= 11 is 0. The smallest absolute Gasteiger partial charge is 0.251 e. The number of aryl methyl sites for hydroxylation is 1. The van der Waals surface area contributed by atoms with Crippen LogP contribution in [0.2, 0.25) is 0 Å². The van der Waals surface area contributed by atoms with Gasteiger partial charge in [-0.1, -0.05) is 6.07 Å². The summed E-state index contributed by atoms with van der Waals surface area (Å²) in [4.78, 5) is 12.0. The molecule has 0 spiro atoms. The molecule has 1 amide bonds. The second-order valence-electron chi connectivity index (χ2n) is 5.49. The molecule has 0 atom stereocenters. The van der Waals surface area contributed by atoms with Crippen LogP contribution in [0.1, 0.15) is 41.6 Å². The summed E-state index contributed by atoms with van der Waals surface area (Å²) in [6, 6.07) is 5.34. The van der Waals surface area contributed by atoms with Crippen molar-refractivity contribution in [3.63, 3.8) is 0 Å². The maximum absolute atomic E-state index is 12.0. The lowest BCUT2D eigenvalue weighted by molar-refractivity contribution is 0.0942. The van der Waals surface area contributed by atoms with E-state index >= 15 is 0 Å². The molecule has 1 aromatic carbocycles. The molecule has 0 aromatic heterocycles. The van der Waals surface area contributed by atoms with Gasteiger partial charge in [-0.05, 0) is 56.2 Å². The molecular formula is C15H22N2O2. The van der Waals surface area contributed by atoms with Gasteiger partial charge in [0.25, 0.3) is 5.91 Å². The summed E-state index contributed by atoms with van der Waals surface area (Å²) in [7, 11) is 0. The number of nitrogens with one attached hydrogen (secondary N) is 1. The van der Waals surface area contributed by atoms with Crippen LogP contribution in [-0.4, -0.2) is 23.6 Å². The lowest BCUT2D eigenvalue weighted by atomic mass is 9.86. The number of rotatable bonds is 3. The SMILES string of the molecule is Cc1ccc(C(=O)NCC2CCC(N)CC2)cc1O. The van der Waals surface area contributed by atoms with Gasteiger partial charge in [0.1, 0.15) is 5.75 Å². The monoisotopic (exact) mass is 262 g/mol. The number of benzene rings is 1. The summed E-state index contributed by atoms with van der Waals surface area (Å²) in [6.07, 6.45) is 4.26. The third-order valence-corrected chi connectivity index (χ3v) is 3.91. The summed E-state index contributed by atoms with van der Waals surface area (Å²) in [5.41, 5.74) is 7.15. The Balaban J connectivity index is 1.85. The van der Waals surface area contributed by atoms with Crippen molar-refractivity contribution >= 4 is 5.91 Å². The van der Waals surface area contributed by atoms with Crippen LogP contribution in [0, 0.1) is 12.8 Å². The molecule has 1 aliphatic carbocycles. The summed E-state index contributed by atoms with van der Waals surface area (Å²) in [5, 5.41) is 12.5. The zero-order chi connectivity index (χ0) is 13.8. The van der Waals surface area contributed by atoms with Crippen LogP contribution in [0.25, 0.3) is 0 Å². The van der Waals surface area contributed by atoms with E-state index in [0.29, 0.717) is 24.1 Å². The minimum absolute atomic E-state index is 0.120. The molecule has 4 heteroatoms. The molecule has 0 unspecified atom stereocenters. The van der Waals surface area contributed by atoms with Crippen LogP contribution < -0.4 is 11.1 Å². The number of aromatic hydroxyl groups is 1. The average molecular weight is 262 g/mol. The predicted molar refractivity (Wildman–Crippen MR) is 75.1 cm³/mol. The maximum Gasteiger partial charge on any atom is 0.251 e. The molecular weight excluding hydrogens is 240 g/mol. The van der Waals surface area contributed by atoms with Crippen molar-refractivity contribution in [2.75, 3.05) is 6.54 Å². The fraction of sp³-hybridized carbons (Fsp3) is 0.533. The van der Waals surface area contributed by atoms with Gasteiger partial charge in [0.05, 0.1) is 0 Å². The summed E-state index contributed by atoms with van der Waals surface area (Å²) < 4.78 is 0. The number of carbonyl (C=O) groups excluding carboxylic acids is 1. The van der Waals surface area contributed by atoms with Crippen LogP contribution in [0.4, 0.5) is 0 Å². The highest BCUT2D eigenvalue weighted by Crippen LogP contribution is 2.22. The Morgan fingerprint density at radius 3 is 2.68 bits per heavy atom. The van der Waals surface area contributed by atoms with E-state index in [1.54, 1.807) is 12.1 Å². The van der Waals surface area contributed by atoms with Gasteiger partial charge in [0, 0.05) is 18.2 Å². The van der Waals surface area contributed by atoms with Gasteiger partial charge in [-0.15, -0.1) is 0 Å². The molecule has 0 radical (unpaired) electrons. The highest BCUT2D eigenvalue weighted by molar-refractivity contribution is 5.94. The molecule has 1 aliphatic rings. The van der Waals surface area contributed by atoms with Crippen molar-refractivity contribution in [1.82, 2.24) is 5.32 Å². The fourth-order valence-corrected chi connectivity index (χ4v) is 2.48. The predicted octanol–water partition coefficient (Wildman–Crippen LogP) is 1.95. The van der Waals surface area contributed by atoms with Gasteiger partial charge in [0.15, 0.2) is 0 Å². The first kappa shape index (κ1) is 13.9. The van der Waals surface area contributed by atoms with Gasteiger partial charge in [0.2, 0.25) is 0 Å². The van der Waals surface area contributed by atoms with E-state index in [1.807, 2.05) is 6.92 Å². The van der Waals surface area contributed by atoms with E-state index in [9.17, 15) is 9.90 Å². The van der Waals surface area contributed by atoms with Crippen LogP contribution in [0.3, 0.4) is 0 Å². The third-order valence-electron chi connectivity index (χ3n) is 3.91. The maximum atomic E-state index is 12.0. The fourth-order valence-electron chi connectivity index (χ4n) is 2.48. The second-order valence-corrected chi connectivity index (χ2v) is 5.49. The van der Waals surface area contributed by atoms with E-state index < -0.39 is 0 Å². The first-order chi connectivity index (χ1) is 9.06. The number of nitrogens with two attached hydrogens (primary N) is 1. The molecule has 104 valence electrons. The van der Waals surface area contributed by atoms with Crippen LogP contribution >= 0.6 is 0 Å². The van der Waals surface area contributed by atoms with Crippen molar-refractivity contribution in [3.05, 3.63) is 29.3 Å². The Bertz CT molecular complexity index is 451. The quantitative estimate of drug-likeness (QED) is 0.779. The van der Waals surface area contributed by atoms with Gasteiger partial charge in [-0.2, -0.15) is 0 Å². The zero-order valence-electron chi connectivity index (χ0n) is 11.4. The van der Waals surface area contributed by atoms with Crippen molar-refractivity contribution in [2.24, 2.45) is 11.7 Å². The molecule has 0 heterocycles. The van der Waals surface area contributed by atoms with Crippen LogP contribution in [0.5, 0.6) is 5.75 Å². The molecule has 4 N–H and O–H groups in total. The Kier molecular flexibility index (Phi) is 4.43. The lowest BCUT2D eigenvalue weighted by Gasteiger charge is -2.26. The molecule has 0 aliphatic heterocycles. The molecule has 2 rings (SSSR count). The van der Waals surface area contributed by atoms with E-state index in [2.05, 4.69) is 5.32 Å². The standard InChI is InChI=1S/C15H22N2O2/c1-10-2-5-12(8-14(10)18)15(19)17-9-11-3-6-13(16)7-4-11/h2,5,8,11,13,18H,3-4,6-7,9,16H2,1H3,(H,17,19). The minimum Gasteiger partial charge on any atom is -0.508 e. The number of hydrogen-bond donors (Lipinski definition) is 3. The van der Waals surface area contributed by atoms with E-state index in [-0.39, 0.29) is 11.7 Å². The van der Waals surface area contributed by atoms with Crippen molar-refractivity contribution in [3.8, 4) is 5.75 Å². The van der Waals surface area contributed by atoms with Gasteiger partial charge >= 0.3 is 0 Å². The Morgan fingerprint density at radius 2 is 2.05 bits per heavy atom. The summed E-state index contributed by atoms with van der Waals surface area (Å²) in [6.45, 7) is 2.50. The molecule has 1 aromatic rings. The number of hydrogen-bond acceptors (Lipinski definition) is 3. The molecule has 1 saturated carbocycles. The van der Waals surface area contributed by atoms with E-state index in [4.69, 9.17) is 5.73 Å². The lowest BCUT2D eigenvalue weighted by Crippen LogP contribution is -2.34. The molecule has 0 bridgehead atoms. The number of phenols is 1. The number of amides is 1.